The predicted octanol–water partition coefficient (Wildman–Crippen LogP) is 4.12. The topological polar surface area (TPSA) is 89.0 Å². The molecule has 0 aliphatic carbocycles. The first-order valence-electron chi connectivity index (χ1n) is 9.28. The summed E-state index contributed by atoms with van der Waals surface area (Å²) in [6.07, 6.45) is 2.02. The van der Waals surface area contributed by atoms with Gasteiger partial charge in [-0.1, -0.05) is 22.9 Å². The van der Waals surface area contributed by atoms with E-state index in [-0.39, 0.29) is 6.42 Å². The Labute approximate surface area is 178 Å². The van der Waals surface area contributed by atoms with Crippen LogP contribution in [0.3, 0.4) is 0 Å². The zero-order chi connectivity index (χ0) is 21.1. The van der Waals surface area contributed by atoms with Crippen LogP contribution in [0, 0.1) is 0 Å². The first kappa shape index (κ1) is 22.4. The lowest BCUT2D eigenvalue weighted by atomic mass is 10.2. The van der Waals surface area contributed by atoms with E-state index in [0.29, 0.717) is 36.0 Å². The van der Waals surface area contributed by atoms with Gasteiger partial charge in [-0.25, -0.2) is 5.43 Å². The van der Waals surface area contributed by atoms with E-state index in [4.69, 9.17) is 9.47 Å². The zero-order valence-electron chi connectivity index (χ0n) is 16.4. The number of anilines is 1. The Kier molecular flexibility index (Phi) is 9.17. The SMILES string of the molecule is CCCOc1ccc(Br)cc1C=NNC(=O)CC(=O)Nc1ccc(OCC)cc1. The second kappa shape index (κ2) is 11.9. The third-order valence-corrected chi connectivity index (χ3v) is 4.09. The molecule has 0 spiro atoms. The molecule has 0 saturated carbocycles. The van der Waals surface area contributed by atoms with Gasteiger partial charge in [0.2, 0.25) is 11.8 Å². The van der Waals surface area contributed by atoms with Crippen molar-refractivity contribution < 1.29 is 19.1 Å². The second-order valence-electron chi connectivity index (χ2n) is 6.01. The van der Waals surface area contributed by atoms with Gasteiger partial charge >= 0.3 is 0 Å². The lowest BCUT2D eigenvalue weighted by Crippen LogP contribution is -2.24. The molecule has 0 radical (unpaired) electrons. The molecule has 0 heterocycles. The number of ether oxygens (including phenoxy) is 2. The average molecular weight is 462 g/mol. The molecular formula is C21H24BrN3O4. The Balaban J connectivity index is 1.86. The molecule has 2 amide bonds. The standard InChI is InChI=1S/C21H24BrN3O4/c1-3-11-29-19-10-5-16(22)12-15(19)14-23-25-21(27)13-20(26)24-17-6-8-18(9-7-17)28-4-2/h5-10,12,14H,3-4,11,13H2,1-2H3,(H,24,26)(H,25,27). The Bertz CT molecular complexity index is 854. The number of rotatable bonds is 10. The molecule has 0 aliphatic heterocycles. The average Bonchev–Trinajstić information content (AvgIpc) is 2.69. The van der Waals surface area contributed by atoms with Gasteiger partial charge in [0.05, 0.1) is 19.4 Å². The smallest absolute Gasteiger partial charge is 0.249 e. The second-order valence-corrected chi connectivity index (χ2v) is 6.92. The molecule has 7 nitrogen and oxygen atoms in total. The van der Waals surface area contributed by atoms with Gasteiger partial charge in [0.1, 0.15) is 17.9 Å². The van der Waals surface area contributed by atoms with Gasteiger partial charge in [-0.2, -0.15) is 5.10 Å². The third-order valence-electron chi connectivity index (χ3n) is 3.60. The van der Waals surface area contributed by atoms with Crippen LogP contribution in [0.5, 0.6) is 11.5 Å². The van der Waals surface area contributed by atoms with E-state index in [2.05, 4.69) is 31.8 Å². The number of carbonyl (C=O) groups excluding carboxylic acids is 2. The number of hydrazone groups is 1. The Hall–Kier alpha value is -2.87. The van der Waals surface area contributed by atoms with Gasteiger partial charge in [-0.15, -0.1) is 0 Å². The fourth-order valence-electron chi connectivity index (χ4n) is 2.33. The van der Waals surface area contributed by atoms with Crippen LogP contribution in [0.1, 0.15) is 32.3 Å². The summed E-state index contributed by atoms with van der Waals surface area (Å²) in [6, 6.07) is 12.5. The number of hydrogen-bond acceptors (Lipinski definition) is 5. The van der Waals surface area contributed by atoms with E-state index in [9.17, 15) is 9.59 Å². The van der Waals surface area contributed by atoms with Crippen molar-refractivity contribution in [1.29, 1.82) is 0 Å². The molecular weight excluding hydrogens is 438 g/mol. The number of hydrogen-bond donors (Lipinski definition) is 2. The maximum atomic E-state index is 12.0. The summed E-state index contributed by atoms with van der Waals surface area (Å²) in [7, 11) is 0. The predicted molar refractivity (Wildman–Crippen MR) is 117 cm³/mol. The Morgan fingerprint density at radius 2 is 1.83 bits per heavy atom. The minimum Gasteiger partial charge on any atom is -0.494 e. The van der Waals surface area contributed by atoms with Gasteiger partial charge in [0, 0.05) is 15.7 Å². The van der Waals surface area contributed by atoms with E-state index in [0.717, 1.165) is 10.9 Å². The van der Waals surface area contributed by atoms with E-state index in [1.165, 1.54) is 6.21 Å². The molecule has 8 heteroatoms. The van der Waals surface area contributed by atoms with E-state index < -0.39 is 11.8 Å². The van der Waals surface area contributed by atoms with Crippen molar-refractivity contribution >= 4 is 39.6 Å². The molecule has 0 bridgehead atoms. The molecule has 0 saturated heterocycles. The first-order valence-corrected chi connectivity index (χ1v) is 10.1. The molecule has 2 aromatic rings. The van der Waals surface area contributed by atoms with E-state index >= 15 is 0 Å². The zero-order valence-corrected chi connectivity index (χ0v) is 18.0. The van der Waals surface area contributed by atoms with Crippen LogP contribution in [0.15, 0.2) is 52.0 Å². The van der Waals surface area contributed by atoms with Crippen LogP contribution >= 0.6 is 15.9 Å². The molecule has 0 atom stereocenters. The van der Waals surface area contributed by atoms with Crippen LogP contribution in [-0.4, -0.2) is 31.2 Å². The fraction of sp³-hybridized carbons (Fsp3) is 0.286. The highest BCUT2D eigenvalue weighted by atomic mass is 79.9. The largest absolute Gasteiger partial charge is 0.494 e. The number of nitrogens with zero attached hydrogens (tertiary/aromatic N) is 1. The summed E-state index contributed by atoms with van der Waals surface area (Å²) >= 11 is 3.40. The summed E-state index contributed by atoms with van der Waals surface area (Å²) in [5, 5.41) is 6.58. The number of carbonyl (C=O) groups is 2. The van der Waals surface area contributed by atoms with Crippen LogP contribution < -0.4 is 20.2 Å². The van der Waals surface area contributed by atoms with E-state index in [1.807, 2.05) is 32.0 Å². The summed E-state index contributed by atoms with van der Waals surface area (Å²) in [5.41, 5.74) is 3.65. The molecule has 154 valence electrons. The summed E-state index contributed by atoms with van der Waals surface area (Å²) < 4.78 is 11.9. The molecule has 0 aromatic heterocycles. The Morgan fingerprint density at radius 3 is 2.52 bits per heavy atom. The van der Waals surface area contributed by atoms with Crippen molar-refractivity contribution in [2.24, 2.45) is 5.10 Å². The van der Waals surface area contributed by atoms with Crippen molar-refractivity contribution in [3.8, 4) is 11.5 Å². The molecule has 0 aliphatic rings. The van der Waals surface area contributed by atoms with Crippen LogP contribution in [-0.2, 0) is 9.59 Å². The summed E-state index contributed by atoms with van der Waals surface area (Å²) in [4.78, 5) is 24.0. The molecule has 2 aromatic carbocycles. The monoisotopic (exact) mass is 461 g/mol. The summed E-state index contributed by atoms with van der Waals surface area (Å²) in [5.74, 6) is 0.431. The van der Waals surface area contributed by atoms with Crippen LogP contribution in [0.4, 0.5) is 5.69 Å². The number of amides is 2. The highest BCUT2D eigenvalue weighted by Crippen LogP contribution is 2.22. The highest BCUT2D eigenvalue weighted by molar-refractivity contribution is 9.10. The van der Waals surface area contributed by atoms with Crippen LogP contribution in [0.25, 0.3) is 0 Å². The Morgan fingerprint density at radius 1 is 1.07 bits per heavy atom. The third kappa shape index (κ3) is 7.95. The van der Waals surface area contributed by atoms with Gasteiger partial charge < -0.3 is 14.8 Å². The fourth-order valence-corrected chi connectivity index (χ4v) is 2.71. The number of nitrogens with one attached hydrogen (secondary N) is 2. The van der Waals surface area contributed by atoms with Crippen molar-refractivity contribution in [3.63, 3.8) is 0 Å². The minimum atomic E-state index is -0.518. The number of halogens is 1. The van der Waals surface area contributed by atoms with Gasteiger partial charge in [0.15, 0.2) is 0 Å². The van der Waals surface area contributed by atoms with Gasteiger partial charge in [0.25, 0.3) is 0 Å². The molecule has 29 heavy (non-hydrogen) atoms. The van der Waals surface area contributed by atoms with Crippen molar-refractivity contribution in [1.82, 2.24) is 5.43 Å². The minimum absolute atomic E-state index is 0.345. The summed E-state index contributed by atoms with van der Waals surface area (Å²) in [6.45, 7) is 5.07. The highest BCUT2D eigenvalue weighted by Gasteiger charge is 2.09. The van der Waals surface area contributed by atoms with Gasteiger partial charge in [-0.3, -0.25) is 9.59 Å². The number of benzene rings is 2. The van der Waals surface area contributed by atoms with Crippen molar-refractivity contribution in [2.75, 3.05) is 18.5 Å². The van der Waals surface area contributed by atoms with Gasteiger partial charge in [-0.05, 0) is 55.8 Å². The normalized spacial score (nSPS) is 10.6. The molecule has 2 rings (SSSR count). The quantitative estimate of drug-likeness (QED) is 0.316. The van der Waals surface area contributed by atoms with Crippen LogP contribution in [0.2, 0.25) is 0 Å². The molecule has 0 unspecified atom stereocenters. The first-order chi connectivity index (χ1) is 14.0. The maximum Gasteiger partial charge on any atom is 0.249 e. The lowest BCUT2D eigenvalue weighted by molar-refractivity contribution is -0.126. The van der Waals surface area contributed by atoms with Crippen molar-refractivity contribution in [2.45, 2.75) is 26.7 Å². The lowest BCUT2D eigenvalue weighted by Gasteiger charge is -2.08. The van der Waals surface area contributed by atoms with E-state index in [1.54, 1.807) is 24.3 Å². The molecule has 2 N–H and O–H groups in total. The molecule has 0 fully saturated rings. The maximum absolute atomic E-state index is 12.0. The van der Waals surface area contributed by atoms with Crippen molar-refractivity contribution in [3.05, 3.63) is 52.5 Å².